The second-order valence-electron chi connectivity index (χ2n) is 6.14. The number of methoxy groups -OCH3 is 1. The van der Waals surface area contributed by atoms with Gasteiger partial charge in [0.05, 0.1) is 7.11 Å². The van der Waals surface area contributed by atoms with Gasteiger partial charge in [-0.3, -0.25) is 0 Å². The number of benzene rings is 1. The van der Waals surface area contributed by atoms with E-state index in [9.17, 15) is 5.21 Å². The summed E-state index contributed by atoms with van der Waals surface area (Å²) in [7, 11) is 1.51. The van der Waals surface area contributed by atoms with Crippen LogP contribution >= 0.6 is 0 Å². The Kier molecular flexibility index (Phi) is 3.94. The lowest BCUT2D eigenvalue weighted by atomic mass is 10.1. The summed E-state index contributed by atoms with van der Waals surface area (Å²) in [6.07, 6.45) is 2.55. The molecular formula is C18H21N3O2. The molecule has 1 aromatic carbocycles. The van der Waals surface area contributed by atoms with Gasteiger partial charge in [-0.15, -0.1) is 4.73 Å². The number of aromatic nitrogens is 3. The fourth-order valence-electron chi connectivity index (χ4n) is 2.89. The van der Waals surface area contributed by atoms with Crippen molar-refractivity contribution in [3.63, 3.8) is 0 Å². The lowest BCUT2D eigenvalue weighted by Crippen LogP contribution is -2.37. The lowest BCUT2D eigenvalue weighted by molar-refractivity contribution is -0.621. The first kappa shape index (κ1) is 15.3. The van der Waals surface area contributed by atoms with Crippen LogP contribution in [0.2, 0.25) is 0 Å². The van der Waals surface area contributed by atoms with E-state index in [1.807, 2.05) is 37.4 Å². The minimum Gasteiger partial charge on any atom is -0.616 e. The zero-order valence-corrected chi connectivity index (χ0v) is 13.9. The number of fused-ring (bicyclic) bond motifs is 1. The molecule has 0 bridgehead atoms. The summed E-state index contributed by atoms with van der Waals surface area (Å²) in [6, 6.07) is 7.95. The van der Waals surface area contributed by atoms with Crippen molar-refractivity contribution in [3.05, 3.63) is 47.1 Å². The molecule has 5 nitrogen and oxygen atoms in total. The number of para-hydroxylation sites is 1. The highest BCUT2D eigenvalue weighted by atomic mass is 16.5. The molecule has 5 heteroatoms. The minimum absolute atomic E-state index is 0.246. The molecule has 0 unspecified atom stereocenters. The van der Waals surface area contributed by atoms with Crippen LogP contribution in [0, 0.1) is 18.0 Å². The molecule has 3 rings (SSSR count). The first-order chi connectivity index (χ1) is 11.0. The van der Waals surface area contributed by atoms with Crippen LogP contribution in [0.15, 0.2) is 30.5 Å². The Bertz CT molecular complexity index is 853. The SMILES string of the molecule is COc1c(-c2c[nH]c3ccccc23)nc(C)c(CC(C)C)[n+]1[O-]. The number of hydrogen-bond acceptors (Lipinski definition) is 3. The molecule has 0 aliphatic heterocycles. The number of nitrogens with zero attached hydrogens (tertiary/aromatic N) is 2. The van der Waals surface area contributed by atoms with Gasteiger partial charge < -0.3 is 14.9 Å². The van der Waals surface area contributed by atoms with Crippen molar-refractivity contribution in [3.8, 4) is 17.1 Å². The van der Waals surface area contributed by atoms with E-state index in [2.05, 4.69) is 23.8 Å². The summed E-state index contributed by atoms with van der Waals surface area (Å²) in [5.41, 5.74) is 3.87. The summed E-state index contributed by atoms with van der Waals surface area (Å²) in [5.74, 6) is 0.621. The van der Waals surface area contributed by atoms with Crippen molar-refractivity contribution in [2.45, 2.75) is 27.2 Å². The van der Waals surface area contributed by atoms with E-state index < -0.39 is 0 Å². The van der Waals surface area contributed by atoms with Gasteiger partial charge in [0.15, 0.2) is 5.69 Å². The topological polar surface area (TPSA) is 64.8 Å². The van der Waals surface area contributed by atoms with Crippen LogP contribution in [0.3, 0.4) is 0 Å². The van der Waals surface area contributed by atoms with Crippen LogP contribution in [0.5, 0.6) is 5.88 Å². The number of H-pyrrole nitrogens is 1. The van der Waals surface area contributed by atoms with Crippen LogP contribution in [0.25, 0.3) is 22.2 Å². The maximum atomic E-state index is 12.7. The number of rotatable bonds is 4. The quantitative estimate of drug-likeness (QED) is 0.593. The van der Waals surface area contributed by atoms with Gasteiger partial charge in [-0.1, -0.05) is 32.0 Å². The first-order valence-electron chi connectivity index (χ1n) is 7.76. The van der Waals surface area contributed by atoms with Crippen molar-refractivity contribution < 1.29 is 9.47 Å². The van der Waals surface area contributed by atoms with E-state index in [1.165, 1.54) is 7.11 Å². The molecule has 0 radical (unpaired) electrons. The van der Waals surface area contributed by atoms with Gasteiger partial charge in [0.1, 0.15) is 5.69 Å². The van der Waals surface area contributed by atoms with E-state index in [0.29, 0.717) is 23.7 Å². The summed E-state index contributed by atoms with van der Waals surface area (Å²) in [4.78, 5) is 7.90. The van der Waals surface area contributed by atoms with Crippen molar-refractivity contribution in [1.82, 2.24) is 9.97 Å². The first-order valence-corrected chi connectivity index (χ1v) is 7.76. The van der Waals surface area contributed by atoms with Gasteiger partial charge in [-0.05, 0) is 18.9 Å². The molecule has 23 heavy (non-hydrogen) atoms. The van der Waals surface area contributed by atoms with Crippen LogP contribution in [0.4, 0.5) is 0 Å². The third-order valence-corrected chi connectivity index (χ3v) is 3.97. The van der Waals surface area contributed by atoms with Gasteiger partial charge >= 0.3 is 5.88 Å². The van der Waals surface area contributed by atoms with E-state index in [1.54, 1.807) is 0 Å². The lowest BCUT2D eigenvalue weighted by Gasteiger charge is -2.14. The van der Waals surface area contributed by atoms with Crippen molar-refractivity contribution >= 4 is 10.9 Å². The Balaban J connectivity index is 2.24. The number of aryl methyl sites for hydroxylation is 1. The third kappa shape index (κ3) is 2.63. The van der Waals surface area contributed by atoms with Gasteiger partial charge in [-0.2, -0.15) is 0 Å². The van der Waals surface area contributed by atoms with E-state index in [-0.39, 0.29) is 5.88 Å². The molecule has 0 aliphatic carbocycles. The Morgan fingerprint density at radius 3 is 2.74 bits per heavy atom. The molecule has 0 amide bonds. The standard InChI is InChI=1S/C18H21N3O2/c1-11(2)9-16-12(3)20-17(18(23-4)21(16)22)14-10-19-15-8-6-5-7-13(14)15/h5-8,10-11,19H,9H2,1-4H3. The van der Waals surface area contributed by atoms with E-state index >= 15 is 0 Å². The van der Waals surface area contributed by atoms with Gasteiger partial charge in [-0.25, -0.2) is 4.98 Å². The highest BCUT2D eigenvalue weighted by Crippen LogP contribution is 2.32. The third-order valence-electron chi connectivity index (χ3n) is 3.97. The fourth-order valence-corrected chi connectivity index (χ4v) is 2.89. The molecule has 120 valence electrons. The number of hydrogen-bond donors (Lipinski definition) is 1. The van der Waals surface area contributed by atoms with Gasteiger partial charge in [0.25, 0.3) is 0 Å². The summed E-state index contributed by atoms with van der Waals surface area (Å²) in [5, 5.41) is 13.8. The van der Waals surface area contributed by atoms with Crippen LogP contribution in [-0.4, -0.2) is 17.1 Å². The van der Waals surface area contributed by atoms with Crippen LogP contribution < -0.4 is 9.47 Å². The molecule has 2 aromatic heterocycles. The average molecular weight is 311 g/mol. The van der Waals surface area contributed by atoms with Crippen LogP contribution in [-0.2, 0) is 6.42 Å². The number of aromatic amines is 1. The second kappa shape index (κ2) is 5.91. The molecule has 0 atom stereocenters. The smallest absolute Gasteiger partial charge is 0.406 e. The highest BCUT2D eigenvalue weighted by molar-refractivity contribution is 5.95. The molecule has 0 fully saturated rings. The summed E-state index contributed by atoms with van der Waals surface area (Å²) >= 11 is 0. The second-order valence-corrected chi connectivity index (χ2v) is 6.14. The summed E-state index contributed by atoms with van der Waals surface area (Å²) in [6.45, 7) is 6.04. The molecule has 3 aromatic rings. The van der Waals surface area contributed by atoms with Crippen LogP contribution in [0.1, 0.15) is 25.2 Å². The van der Waals surface area contributed by atoms with Gasteiger partial charge in [0, 0.05) is 29.1 Å². The average Bonchev–Trinajstić information content (AvgIpc) is 2.94. The molecule has 0 spiro atoms. The number of nitrogens with one attached hydrogen (secondary N) is 1. The molecule has 1 N–H and O–H groups in total. The normalized spacial score (nSPS) is 11.3. The van der Waals surface area contributed by atoms with E-state index in [4.69, 9.17) is 4.74 Å². The Labute approximate surface area is 135 Å². The monoisotopic (exact) mass is 311 g/mol. The summed E-state index contributed by atoms with van der Waals surface area (Å²) < 4.78 is 6.29. The minimum atomic E-state index is 0.246. The zero-order valence-electron chi connectivity index (χ0n) is 13.9. The maximum absolute atomic E-state index is 12.7. The zero-order chi connectivity index (χ0) is 16.6. The number of ether oxygens (including phenoxy) is 1. The molecule has 2 heterocycles. The van der Waals surface area contributed by atoms with Crippen molar-refractivity contribution in [1.29, 1.82) is 0 Å². The Morgan fingerprint density at radius 2 is 2.04 bits per heavy atom. The largest absolute Gasteiger partial charge is 0.616 e. The highest BCUT2D eigenvalue weighted by Gasteiger charge is 2.26. The van der Waals surface area contributed by atoms with Crippen molar-refractivity contribution in [2.75, 3.05) is 7.11 Å². The van der Waals surface area contributed by atoms with Gasteiger partial charge in [0.2, 0.25) is 5.69 Å². The molecular weight excluding hydrogens is 290 g/mol. The molecule has 0 aliphatic rings. The maximum Gasteiger partial charge on any atom is 0.406 e. The van der Waals surface area contributed by atoms with Crippen molar-refractivity contribution in [2.24, 2.45) is 5.92 Å². The Morgan fingerprint density at radius 1 is 1.30 bits per heavy atom. The fraction of sp³-hybridized carbons (Fsp3) is 0.333. The molecule has 0 saturated heterocycles. The molecule has 0 saturated carbocycles. The predicted octanol–water partition coefficient (Wildman–Crippen LogP) is 3.38. The Hall–Kier alpha value is -2.56. The predicted molar refractivity (Wildman–Crippen MR) is 90.3 cm³/mol. The van der Waals surface area contributed by atoms with E-state index in [0.717, 1.165) is 26.9 Å².